The summed E-state index contributed by atoms with van der Waals surface area (Å²) in [4.78, 5) is 49.4. The van der Waals surface area contributed by atoms with E-state index in [9.17, 15) is 24.4 Å². The Labute approximate surface area is 224 Å². The van der Waals surface area contributed by atoms with Crippen LogP contribution in [-0.4, -0.2) is 45.1 Å². The Bertz CT molecular complexity index is 1480. The van der Waals surface area contributed by atoms with Crippen LogP contribution in [0.3, 0.4) is 0 Å². The van der Waals surface area contributed by atoms with E-state index in [0.29, 0.717) is 16.8 Å². The highest BCUT2D eigenvalue weighted by Crippen LogP contribution is 2.20. The van der Waals surface area contributed by atoms with E-state index in [1.807, 2.05) is 12.1 Å². The lowest BCUT2D eigenvalue weighted by Gasteiger charge is -2.15. The van der Waals surface area contributed by atoms with E-state index in [1.165, 1.54) is 16.8 Å². The molecule has 0 amide bonds. The molecule has 2 heterocycles. The van der Waals surface area contributed by atoms with Crippen molar-refractivity contribution in [3.8, 4) is 5.75 Å². The summed E-state index contributed by atoms with van der Waals surface area (Å²) in [6.45, 7) is -0.104. The van der Waals surface area contributed by atoms with Crippen LogP contribution >= 0.6 is 15.9 Å². The van der Waals surface area contributed by atoms with Gasteiger partial charge in [0.15, 0.2) is 6.23 Å². The second-order valence-corrected chi connectivity index (χ2v) is 9.02. The average Bonchev–Trinajstić information content (AvgIpc) is 3.37. The maximum atomic E-state index is 12.2. The molecule has 1 aliphatic rings. The first-order chi connectivity index (χ1) is 18.3. The maximum Gasteiger partial charge on any atom is 0.330 e. The summed E-state index contributed by atoms with van der Waals surface area (Å²) in [6, 6.07) is 14.9. The molecule has 1 aromatic heterocycles. The van der Waals surface area contributed by atoms with E-state index >= 15 is 0 Å². The molecular weight excluding hydrogens is 562 g/mol. The Kier molecular flexibility index (Phi) is 8.66. The van der Waals surface area contributed by atoms with Gasteiger partial charge in [0.05, 0.1) is 12.8 Å². The van der Waals surface area contributed by atoms with Crippen LogP contribution in [0.2, 0.25) is 0 Å². The van der Waals surface area contributed by atoms with E-state index in [4.69, 9.17) is 14.2 Å². The molecule has 0 fully saturated rings. The Balaban J connectivity index is 1.20. The van der Waals surface area contributed by atoms with Crippen molar-refractivity contribution >= 4 is 33.6 Å². The average molecular weight is 584 g/mol. The van der Waals surface area contributed by atoms with E-state index in [0.717, 1.165) is 4.47 Å². The number of aromatic amines is 1. The molecule has 0 radical (unpaired) electrons. The van der Waals surface area contributed by atoms with Crippen molar-refractivity contribution < 1.29 is 29.0 Å². The Morgan fingerprint density at radius 1 is 0.974 bits per heavy atom. The summed E-state index contributed by atoms with van der Waals surface area (Å²) in [5.41, 5.74) is 0.546. The summed E-state index contributed by atoms with van der Waals surface area (Å²) in [5, 5.41) is 12.8. The minimum Gasteiger partial charge on any atom is -0.463 e. The highest BCUT2D eigenvalue weighted by molar-refractivity contribution is 9.10. The van der Waals surface area contributed by atoms with Crippen molar-refractivity contribution in [1.82, 2.24) is 9.55 Å². The quantitative estimate of drug-likeness (QED) is 0.0974. The van der Waals surface area contributed by atoms with Gasteiger partial charge in [0.1, 0.15) is 24.2 Å². The van der Waals surface area contributed by atoms with Crippen LogP contribution in [0.25, 0.3) is 0 Å². The Morgan fingerprint density at radius 3 is 2.29 bits per heavy atom. The number of carbonyl (C=O) groups excluding carboxylic acids is 2. The zero-order valence-corrected chi connectivity index (χ0v) is 21.4. The monoisotopic (exact) mass is 583 g/mol. The molecule has 0 aliphatic carbocycles. The van der Waals surface area contributed by atoms with Crippen molar-refractivity contribution in [3.05, 3.63) is 109 Å². The van der Waals surface area contributed by atoms with Gasteiger partial charge in [-0.1, -0.05) is 39.3 Å². The van der Waals surface area contributed by atoms with Crippen LogP contribution in [-0.2, 0) is 19.1 Å². The van der Waals surface area contributed by atoms with Gasteiger partial charge >= 0.3 is 17.6 Å². The highest BCUT2D eigenvalue weighted by atomic mass is 79.9. The van der Waals surface area contributed by atoms with Crippen molar-refractivity contribution in [2.45, 2.75) is 25.2 Å². The number of H-pyrrole nitrogens is 1. The molecule has 4 rings (SSSR count). The second kappa shape index (κ2) is 12.3. The first-order valence-electron chi connectivity index (χ1n) is 11.4. The van der Waals surface area contributed by atoms with Crippen molar-refractivity contribution in [3.63, 3.8) is 0 Å². The predicted octanol–water partition coefficient (Wildman–Crippen LogP) is 2.91. The molecule has 2 aromatic carbocycles. The fraction of sp³-hybridized carbons (Fsp3) is 0.192. The van der Waals surface area contributed by atoms with Crippen LogP contribution in [0, 0.1) is 0 Å². The maximum absolute atomic E-state index is 12.2. The molecule has 11 nitrogen and oxygen atoms in total. The topological polar surface area (TPSA) is 149 Å². The molecule has 38 heavy (non-hydrogen) atoms. The van der Waals surface area contributed by atoms with E-state index in [-0.39, 0.29) is 25.2 Å². The van der Waals surface area contributed by atoms with Gasteiger partial charge < -0.3 is 19.4 Å². The summed E-state index contributed by atoms with van der Waals surface area (Å²) < 4.78 is 18.1. The van der Waals surface area contributed by atoms with Gasteiger partial charge in [-0.3, -0.25) is 23.9 Å². The summed E-state index contributed by atoms with van der Waals surface area (Å²) in [5.74, 6) is -0.960. The molecule has 3 aromatic rings. The normalized spacial score (nSPS) is 16.8. The van der Waals surface area contributed by atoms with Crippen LogP contribution in [0.5, 0.6) is 5.75 Å². The van der Waals surface area contributed by atoms with Gasteiger partial charge in [0, 0.05) is 27.9 Å². The number of hydrogen-bond donors (Lipinski definition) is 2. The van der Waals surface area contributed by atoms with Crippen LogP contribution < -0.4 is 16.0 Å². The zero-order valence-electron chi connectivity index (χ0n) is 19.8. The SMILES string of the molecule is O=C(CCC(=O)Oc1ccc(/C(=N/O)c2ccc(Br)cc2)cc1)OCC1C=CC(n2ccc(=O)[nH]c2=O)O1. The van der Waals surface area contributed by atoms with E-state index in [1.54, 1.807) is 48.6 Å². The molecule has 2 atom stereocenters. The van der Waals surface area contributed by atoms with Gasteiger partial charge in [-0.25, -0.2) is 4.79 Å². The fourth-order valence-electron chi connectivity index (χ4n) is 3.57. The number of nitrogens with one attached hydrogen (secondary N) is 1. The first kappa shape index (κ1) is 26.8. The number of halogens is 1. The van der Waals surface area contributed by atoms with Crippen molar-refractivity contribution in [2.24, 2.45) is 5.16 Å². The third kappa shape index (κ3) is 6.93. The predicted molar refractivity (Wildman–Crippen MR) is 138 cm³/mol. The molecular formula is C26H22BrN3O8. The summed E-state index contributed by atoms with van der Waals surface area (Å²) in [6.07, 6.45) is 2.84. The van der Waals surface area contributed by atoms with Crippen LogP contribution in [0.1, 0.15) is 30.2 Å². The molecule has 12 heteroatoms. The minimum absolute atomic E-state index is 0.104. The third-order valence-corrected chi connectivity index (χ3v) is 5.98. The molecule has 0 saturated heterocycles. The fourth-order valence-corrected chi connectivity index (χ4v) is 3.84. The van der Waals surface area contributed by atoms with Gasteiger partial charge in [0.2, 0.25) is 0 Å². The van der Waals surface area contributed by atoms with Gasteiger partial charge in [0.25, 0.3) is 5.56 Å². The minimum atomic E-state index is -0.737. The zero-order chi connectivity index (χ0) is 27.1. The molecule has 2 N–H and O–H groups in total. The first-order valence-corrected chi connectivity index (χ1v) is 12.2. The molecule has 0 spiro atoms. The Morgan fingerprint density at radius 2 is 1.63 bits per heavy atom. The number of ether oxygens (including phenoxy) is 3. The number of carbonyl (C=O) groups is 2. The number of esters is 2. The van der Waals surface area contributed by atoms with Crippen LogP contribution in [0.4, 0.5) is 0 Å². The summed E-state index contributed by atoms with van der Waals surface area (Å²) >= 11 is 3.36. The number of benzene rings is 2. The molecule has 0 saturated carbocycles. The molecule has 2 unspecified atom stereocenters. The summed E-state index contributed by atoms with van der Waals surface area (Å²) in [7, 11) is 0. The van der Waals surface area contributed by atoms with E-state index in [2.05, 4.69) is 26.1 Å². The number of hydrogen-bond acceptors (Lipinski definition) is 9. The number of aromatic nitrogens is 2. The molecule has 1 aliphatic heterocycles. The highest BCUT2D eigenvalue weighted by Gasteiger charge is 2.23. The van der Waals surface area contributed by atoms with Gasteiger partial charge in [-0.15, -0.1) is 0 Å². The smallest absolute Gasteiger partial charge is 0.330 e. The second-order valence-electron chi connectivity index (χ2n) is 8.10. The number of rotatable bonds is 9. The standard InChI is InChI=1S/C26H22BrN3O8/c27-18-5-1-16(2-6-18)25(29-35)17-3-7-19(8-4-17)38-24(33)12-11-23(32)36-15-20-9-10-22(37-20)30-14-13-21(31)28-26(30)34/h1-10,13-14,20,22,35H,11-12,15H2,(H,28,31,34)/b29-25+. The van der Waals surface area contributed by atoms with Gasteiger partial charge in [-0.2, -0.15) is 0 Å². The third-order valence-electron chi connectivity index (χ3n) is 5.45. The van der Waals surface area contributed by atoms with Crippen molar-refractivity contribution in [1.29, 1.82) is 0 Å². The molecule has 0 bridgehead atoms. The number of nitrogens with zero attached hydrogens (tertiary/aromatic N) is 2. The lowest BCUT2D eigenvalue weighted by Crippen LogP contribution is -2.32. The van der Waals surface area contributed by atoms with Crippen molar-refractivity contribution in [2.75, 3.05) is 6.61 Å². The van der Waals surface area contributed by atoms with E-state index < -0.39 is 35.5 Å². The Hall–Kier alpha value is -4.29. The largest absolute Gasteiger partial charge is 0.463 e. The lowest BCUT2D eigenvalue weighted by atomic mass is 10.0. The van der Waals surface area contributed by atoms with Crippen LogP contribution in [0.15, 0.2) is 92.2 Å². The van der Waals surface area contributed by atoms with Gasteiger partial charge in [-0.05, 0) is 42.5 Å². The molecule has 196 valence electrons. The number of oxime groups is 1. The lowest BCUT2D eigenvalue weighted by molar-refractivity contribution is -0.150.